The first-order valence-electron chi connectivity index (χ1n) is 9.18. The summed E-state index contributed by atoms with van der Waals surface area (Å²) in [4.78, 5) is 32.8. The Morgan fingerprint density at radius 2 is 2.04 bits per heavy atom. The molecular weight excluding hydrogens is 318 g/mol. The molecule has 1 spiro atoms. The molecule has 3 fully saturated rings. The molecule has 25 heavy (non-hydrogen) atoms. The maximum Gasteiger partial charge on any atom is 0.255 e. The Hall–Kier alpha value is -1.95. The van der Waals surface area contributed by atoms with E-state index in [2.05, 4.69) is 4.98 Å². The van der Waals surface area contributed by atoms with Crippen molar-refractivity contribution in [3.63, 3.8) is 0 Å². The number of aromatic nitrogens is 1. The van der Waals surface area contributed by atoms with E-state index in [1.165, 1.54) is 0 Å². The summed E-state index contributed by atoms with van der Waals surface area (Å²) in [7, 11) is 0. The second-order valence-corrected chi connectivity index (χ2v) is 7.71. The number of hydrogen-bond donors (Lipinski definition) is 0. The molecule has 6 nitrogen and oxygen atoms in total. The molecule has 1 aromatic heterocycles. The maximum absolute atomic E-state index is 12.6. The van der Waals surface area contributed by atoms with E-state index >= 15 is 0 Å². The summed E-state index contributed by atoms with van der Waals surface area (Å²) in [6.07, 6.45) is 7.05. The second-order valence-electron chi connectivity index (χ2n) is 7.71. The number of ether oxygens (including phenoxy) is 1. The minimum absolute atomic E-state index is 0.0245. The van der Waals surface area contributed by atoms with Crippen molar-refractivity contribution in [3.8, 4) is 0 Å². The number of aryl methyl sites for hydroxylation is 1. The number of carbonyl (C=O) groups excluding carboxylic acids is 2. The van der Waals surface area contributed by atoms with Gasteiger partial charge >= 0.3 is 0 Å². The highest BCUT2D eigenvalue weighted by atomic mass is 16.5. The third-order valence-corrected chi connectivity index (χ3v) is 5.72. The zero-order valence-corrected chi connectivity index (χ0v) is 14.7. The first kappa shape index (κ1) is 16.5. The van der Waals surface area contributed by atoms with Gasteiger partial charge in [-0.15, -0.1) is 0 Å². The number of hydrogen-bond acceptors (Lipinski definition) is 4. The van der Waals surface area contributed by atoms with Crippen LogP contribution in [-0.2, 0) is 9.53 Å². The second kappa shape index (κ2) is 6.41. The molecule has 1 atom stereocenters. The van der Waals surface area contributed by atoms with Crippen LogP contribution in [-0.4, -0.2) is 65.0 Å². The zero-order valence-electron chi connectivity index (χ0n) is 14.7. The molecule has 0 aliphatic carbocycles. The van der Waals surface area contributed by atoms with Gasteiger partial charge in [-0.1, -0.05) is 0 Å². The van der Waals surface area contributed by atoms with E-state index < -0.39 is 0 Å². The molecule has 3 aliphatic rings. The molecule has 0 bridgehead atoms. The van der Waals surface area contributed by atoms with Gasteiger partial charge in [-0.05, 0) is 43.7 Å². The van der Waals surface area contributed by atoms with Crippen molar-refractivity contribution in [1.82, 2.24) is 14.8 Å². The van der Waals surface area contributed by atoms with Crippen molar-refractivity contribution >= 4 is 11.8 Å². The summed E-state index contributed by atoms with van der Waals surface area (Å²) in [5.41, 5.74) is 1.38. The van der Waals surface area contributed by atoms with E-state index in [0.717, 1.165) is 37.9 Å². The summed E-state index contributed by atoms with van der Waals surface area (Å²) in [5.74, 6) is 0.572. The van der Waals surface area contributed by atoms with E-state index in [1.807, 2.05) is 22.8 Å². The van der Waals surface area contributed by atoms with Crippen LogP contribution in [0, 0.1) is 12.8 Å². The molecule has 0 aromatic carbocycles. The molecule has 0 radical (unpaired) electrons. The highest BCUT2D eigenvalue weighted by Gasteiger charge is 2.51. The highest BCUT2D eigenvalue weighted by molar-refractivity contribution is 5.96. The van der Waals surface area contributed by atoms with Crippen LogP contribution in [0.2, 0.25) is 0 Å². The van der Waals surface area contributed by atoms with Gasteiger partial charge in [0.05, 0.1) is 25.3 Å². The summed E-state index contributed by atoms with van der Waals surface area (Å²) in [6.45, 7) is 5.61. The van der Waals surface area contributed by atoms with Gasteiger partial charge in [0, 0.05) is 31.9 Å². The number of nitrogens with zero attached hydrogens (tertiary/aromatic N) is 3. The molecule has 1 unspecified atom stereocenters. The van der Waals surface area contributed by atoms with Crippen molar-refractivity contribution < 1.29 is 14.3 Å². The van der Waals surface area contributed by atoms with Gasteiger partial charge < -0.3 is 14.5 Å². The Balaban J connectivity index is 1.30. The molecule has 4 rings (SSSR count). The molecule has 1 aromatic rings. The largest absolute Gasteiger partial charge is 0.371 e. The van der Waals surface area contributed by atoms with Crippen molar-refractivity contribution in [3.05, 3.63) is 29.6 Å². The van der Waals surface area contributed by atoms with Crippen LogP contribution in [0.3, 0.4) is 0 Å². The maximum atomic E-state index is 12.6. The zero-order chi connectivity index (χ0) is 17.4. The lowest BCUT2D eigenvalue weighted by molar-refractivity contribution is -0.131. The first-order chi connectivity index (χ1) is 12.1. The standard InChI is InChI=1S/C19H25N3O3/c1-14-4-5-20-10-16(14)18(24)22-12-19(13-22)9-15(11-25-19)8-17(23)21-6-2-3-7-21/h4-5,10,15H,2-3,6-9,11-13H2,1H3. The van der Waals surface area contributed by atoms with Crippen LogP contribution in [0.25, 0.3) is 0 Å². The number of pyridine rings is 1. The normalized spacial score (nSPS) is 24.6. The van der Waals surface area contributed by atoms with E-state index in [-0.39, 0.29) is 23.3 Å². The van der Waals surface area contributed by atoms with Crippen LogP contribution in [0.5, 0.6) is 0 Å². The summed E-state index contributed by atoms with van der Waals surface area (Å²) in [5, 5.41) is 0. The fourth-order valence-corrected chi connectivity index (χ4v) is 4.28. The average Bonchev–Trinajstić information content (AvgIpc) is 3.23. The molecule has 6 heteroatoms. The molecule has 134 valence electrons. The Kier molecular flexibility index (Phi) is 4.23. The number of likely N-dealkylation sites (tertiary alicyclic amines) is 2. The molecule has 2 amide bonds. The Labute approximate surface area is 148 Å². The van der Waals surface area contributed by atoms with Crippen LogP contribution < -0.4 is 0 Å². The van der Waals surface area contributed by atoms with Crippen molar-refractivity contribution in [2.24, 2.45) is 5.92 Å². The highest BCUT2D eigenvalue weighted by Crippen LogP contribution is 2.40. The van der Waals surface area contributed by atoms with Gasteiger partial charge in [-0.2, -0.15) is 0 Å². The predicted octanol–water partition coefficient (Wildman–Crippen LogP) is 1.63. The predicted molar refractivity (Wildman–Crippen MR) is 92.1 cm³/mol. The van der Waals surface area contributed by atoms with Gasteiger partial charge in [0.1, 0.15) is 5.60 Å². The molecule has 0 saturated carbocycles. The molecule has 3 aliphatic heterocycles. The van der Waals surface area contributed by atoms with Crippen LogP contribution in [0.15, 0.2) is 18.5 Å². The lowest BCUT2D eigenvalue weighted by Gasteiger charge is -2.47. The van der Waals surface area contributed by atoms with Crippen molar-refractivity contribution in [1.29, 1.82) is 0 Å². The van der Waals surface area contributed by atoms with Crippen LogP contribution >= 0.6 is 0 Å². The van der Waals surface area contributed by atoms with Crippen molar-refractivity contribution in [2.45, 2.75) is 38.2 Å². The van der Waals surface area contributed by atoms with E-state index in [0.29, 0.717) is 31.7 Å². The number of amides is 2. The monoisotopic (exact) mass is 343 g/mol. The SMILES string of the molecule is Cc1ccncc1C(=O)N1CC2(CC(CC(=O)N3CCCC3)CO2)C1. The smallest absolute Gasteiger partial charge is 0.255 e. The quantitative estimate of drug-likeness (QED) is 0.837. The third kappa shape index (κ3) is 3.15. The van der Waals surface area contributed by atoms with Gasteiger partial charge in [-0.25, -0.2) is 0 Å². The Morgan fingerprint density at radius 3 is 2.76 bits per heavy atom. The van der Waals surface area contributed by atoms with Gasteiger partial charge in [-0.3, -0.25) is 14.6 Å². The van der Waals surface area contributed by atoms with Crippen LogP contribution in [0.1, 0.15) is 41.6 Å². The molecule has 3 saturated heterocycles. The Morgan fingerprint density at radius 1 is 1.28 bits per heavy atom. The molecule has 0 N–H and O–H groups in total. The minimum atomic E-state index is -0.234. The fraction of sp³-hybridized carbons (Fsp3) is 0.632. The topological polar surface area (TPSA) is 62.7 Å². The summed E-state index contributed by atoms with van der Waals surface area (Å²) >= 11 is 0. The third-order valence-electron chi connectivity index (χ3n) is 5.72. The fourth-order valence-electron chi connectivity index (χ4n) is 4.28. The van der Waals surface area contributed by atoms with E-state index in [9.17, 15) is 9.59 Å². The van der Waals surface area contributed by atoms with Crippen molar-refractivity contribution in [2.75, 3.05) is 32.8 Å². The average molecular weight is 343 g/mol. The number of carbonyl (C=O) groups is 2. The van der Waals surface area contributed by atoms with Gasteiger partial charge in [0.2, 0.25) is 5.91 Å². The van der Waals surface area contributed by atoms with E-state index in [4.69, 9.17) is 4.74 Å². The number of rotatable bonds is 3. The van der Waals surface area contributed by atoms with Gasteiger partial charge in [0.15, 0.2) is 0 Å². The van der Waals surface area contributed by atoms with Crippen LogP contribution in [0.4, 0.5) is 0 Å². The summed E-state index contributed by atoms with van der Waals surface area (Å²) in [6, 6.07) is 1.86. The lowest BCUT2D eigenvalue weighted by atomic mass is 9.85. The molecule has 4 heterocycles. The van der Waals surface area contributed by atoms with Gasteiger partial charge in [0.25, 0.3) is 5.91 Å². The summed E-state index contributed by atoms with van der Waals surface area (Å²) < 4.78 is 6.02. The van der Waals surface area contributed by atoms with E-state index in [1.54, 1.807) is 12.4 Å². The lowest BCUT2D eigenvalue weighted by Crippen LogP contribution is -2.63. The first-order valence-corrected chi connectivity index (χ1v) is 9.18. The Bertz CT molecular complexity index is 678. The molecular formula is C19H25N3O3. The minimum Gasteiger partial charge on any atom is -0.371 e.